The number of hydrogen-bond donors (Lipinski definition) is 2. The quantitative estimate of drug-likeness (QED) is 0.795. The number of carboxylic acids is 1. The standard InChI is InChI=1S/C11H17N3O2/c1-4-9(6-10(15)16)14-11-12-7(2)5-8(3)13-11/h5,9H,4,6H2,1-3H3,(H,15,16)(H,12,13,14). The molecule has 5 nitrogen and oxygen atoms in total. The number of carbonyl (C=O) groups is 1. The first-order valence-electron chi connectivity index (χ1n) is 5.32. The molecule has 0 aliphatic heterocycles. The molecular formula is C11H17N3O2. The Bertz CT molecular complexity index is 359. The maximum absolute atomic E-state index is 10.6. The van der Waals surface area contributed by atoms with Gasteiger partial charge >= 0.3 is 5.97 Å². The normalized spacial score (nSPS) is 12.2. The van der Waals surface area contributed by atoms with Crippen molar-refractivity contribution in [3.8, 4) is 0 Å². The van der Waals surface area contributed by atoms with Crippen LogP contribution in [0.1, 0.15) is 31.2 Å². The number of carboxylic acid groups (broad SMARTS) is 1. The van der Waals surface area contributed by atoms with Crippen molar-refractivity contribution in [3.63, 3.8) is 0 Å². The highest BCUT2D eigenvalue weighted by Crippen LogP contribution is 2.08. The number of aryl methyl sites for hydroxylation is 2. The van der Waals surface area contributed by atoms with Gasteiger partial charge in [0, 0.05) is 17.4 Å². The summed E-state index contributed by atoms with van der Waals surface area (Å²) in [5.41, 5.74) is 1.75. The van der Waals surface area contributed by atoms with E-state index >= 15 is 0 Å². The molecule has 88 valence electrons. The van der Waals surface area contributed by atoms with E-state index in [1.54, 1.807) is 0 Å². The Labute approximate surface area is 94.9 Å². The van der Waals surface area contributed by atoms with E-state index in [0.29, 0.717) is 5.95 Å². The predicted molar refractivity (Wildman–Crippen MR) is 61.5 cm³/mol. The monoisotopic (exact) mass is 223 g/mol. The molecule has 0 saturated carbocycles. The third-order valence-corrected chi connectivity index (χ3v) is 2.23. The second-order valence-electron chi connectivity index (χ2n) is 3.82. The zero-order valence-electron chi connectivity index (χ0n) is 9.82. The van der Waals surface area contributed by atoms with Crippen LogP contribution in [0, 0.1) is 13.8 Å². The number of aromatic nitrogens is 2. The van der Waals surface area contributed by atoms with Crippen LogP contribution in [0.3, 0.4) is 0 Å². The van der Waals surface area contributed by atoms with Crippen LogP contribution < -0.4 is 5.32 Å². The Morgan fingerprint density at radius 3 is 2.44 bits per heavy atom. The van der Waals surface area contributed by atoms with Crippen LogP contribution in [0.5, 0.6) is 0 Å². The molecule has 0 amide bonds. The van der Waals surface area contributed by atoms with Crippen molar-refractivity contribution in [3.05, 3.63) is 17.5 Å². The largest absolute Gasteiger partial charge is 0.481 e. The molecule has 1 aromatic heterocycles. The van der Waals surface area contributed by atoms with Crippen LogP contribution in [-0.2, 0) is 4.79 Å². The summed E-state index contributed by atoms with van der Waals surface area (Å²) in [5, 5.41) is 11.8. The van der Waals surface area contributed by atoms with E-state index < -0.39 is 5.97 Å². The summed E-state index contributed by atoms with van der Waals surface area (Å²) in [6, 6.07) is 1.75. The third kappa shape index (κ3) is 3.84. The minimum absolute atomic E-state index is 0.0762. The molecule has 0 radical (unpaired) electrons. The van der Waals surface area contributed by atoms with E-state index in [-0.39, 0.29) is 12.5 Å². The second kappa shape index (κ2) is 5.44. The van der Waals surface area contributed by atoms with Crippen LogP contribution in [-0.4, -0.2) is 27.1 Å². The highest BCUT2D eigenvalue weighted by Gasteiger charge is 2.12. The molecule has 0 aliphatic rings. The molecule has 1 aromatic rings. The van der Waals surface area contributed by atoms with Crippen molar-refractivity contribution in [2.45, 2.75) is 39.7 Å². The maximum atomic E-state index is 10.6. The zero-order chi connectivity index (χ0) is 12.1. The lowest BCUT2D eigenvalue weighted by atomic mass is 10.1. The molecule has 0 aromatic carbocycles. The number of nitrogens with zero attached hydrogens (tertiary/aromatic N) is 2. The van der Waals surface area contributed by atoms with E-state index in [4.69, 9.17) is 5.11 Å². The summed E-state index contributed by atoms with van der Waals surface area (Å²) in [6.45, 7) is 5.71. The molecule has 5 heteroatoms. The highest BCUT2D eigenvalue weighted by atomic mass is 16.4. The maximum Gasteiger partial charge on any atom is 0.305 e. The van der Waals surface area contributed by atoms with Gasteiger partial charge < -0.3 is 10.4 Å². The van der Waals surface area contributed by atoms with Crippen LogP contribution in [0.15, 0.2) is 6.07 Å². The minimum Gasteiger partial charge on any atom is -0.481 e. The molecule has 16 heavy (non-hydrogen) atoms. The van der Waals surface area contributed by atoms with E-state index in [1.165, 1.54) is 0 Å². The smallest absolute Gasteiger partial charge is 0.305 e. The van der Waals surface area contributed by atoms with Gasteiger partial charge in [0.05, 0.1) is 6.42 Å². The lowest BCUT2D eigenvalue weighted by Crippen LogP contribution is -2.23. The van der Waals surface area contributed by atoms with Gasteiger partial charge in [0.15, 0.2) is 0 Å². The summed E-state index contributed by atoms with van der Waals surface area (Å²) in [4.78, 5) is 19.0. The summed E-state index contributed by atoms with van der Waals surface area (Å²) in [7, 11) is 0. The highest BCUT2D eigenvalue weighted by molar-refractivity contribution is 5.68. The van der Waals surface area contributed by atoms with Gasteiger partial charge in [-0.2, -0.15) is 0 Å². The Kier molecular flexibility index (Phi) is 4.22. The van der Waals surface area contributed by atoms with Crippen molar-refractivity contribution in [2.24, 2.45) is 0 Å². The van der Waals surface area contributed by atoms with Gasteiger partial charge in [0.1, 0.15) is 0 Å². The van der Waals surface area contributed by atoms with E-state index in [2.05, 4.69) is 15.3 Å². The molecule has 0 aliphatic carbocycles. The summed E-state index contributed by atoms with van der Waals surface area (Å²) in [5.74, 6) is -0.311. The molecule has 2 N–H and O–H groups in total. The van der Waals surface area contributed by atoms with Crippen LogP contribution in [0.4, 0.5) is 5.95 Å². The van der Waals surface area contributed by atoms with Crippen LogP contribution >= 0.6 is 0 Å². The fourth-order valence-corrected chi connectivity index (χ4v) is 1.48. The molecule has 1 heterocycles. The lowest BCUT2D eigenvalue weighted by molar-refractivity contribution is -0.137. The van der Waals surface area contributed by atoms with Crippen molar-refractivity contribution >= 4 is 11.9 Å². The molecule has 1 unspecified atom stereocenters. The molecular weight excluding hydrogens is 206 g/mol. The molecule has 1 rings (SSSR count). The third-order valence-electron chi connectivity index (χ3n) is 2.23. The number of hydrogen-bond acceptors (Lipinski definition) is 4. The van der Waals surface area contributed by atoms with Crippen molar-refractivity contribution in [2.75, 3.05) is 5.32 Å². The Balaban J connectivity index is 2.73. The second-order valence-corrected chi connectivity index (χ2v) is 3.82. The van der Waals surface area contributed by atoms with E-state index in [9.17, 15) is 4.79 Å². The summed E-state index contributed by atoms with van der Waals surface area (Å²) in [6.07, 6.45) is 0.801. The van der Waals surface area contributed by atoms with E-state index in [0.717, 1.165) is 17.8 Å². The Morgan fingerprint density at radius 2 is 2.00 bits per heavy atom. The average Bonchev–Trinajstić information content (AvgIpc) is 2.14. The van der Waals surface area contributed by atoms with Gasteiger partial charge in [-0.15, -0.1) is 0 Å². The summed E-state index contributed by atoms with van der Waals surface area (Å²) < 4.78 is 0. The number of nitrogens with one attached hydrogen (secondary N) is 1. The number of aliphatic carboxylic acids is 1. The summed E-state index contributed by atoms with van der Waals surface area (Å²) >= 11 is 0. The van der Waals surface area contributed by atoms with Crippen LogP contribution in [0.25, 0.3) is 0 Å². The van der Waals surface area contributed by atoms with Crippen LogP contribution in [0.2, 0.25) is 0 Å². The van der Waals surface area contributed by atoms with Gasteiger partial charge in [-0.3, -0.25) is 4.79 Å². The first-order valence-corrected chi connectivity index (χ1v) is 5.32. The molecule has 0 bridgehead atoms. The minimum atomic E-state index is -0.816. The van der Waals surface area contributed by atoms with Crippen molar-refractivity contribution in [1.29, 1.82) is 0 Å². The zero-order valence-corrected chi connectivity index (χ0v) is 9.82. The van der Waals surface area contributed by atoms with Crippen molar-refractivity contribution < 1.29 is 9.90 Å². The lowest BCUT2D eigenvalue weighted by Gasteiger charge is -2.15. The number of anilines is 1. The predicted octanol–water partition coefficient (Wildman–Crippen LogP) is 1.76. The first kappa shape index (κ1) is 12.4. The average molecular weight is 223 g/mol. The fraction of sp³-hybridized carbons (Fsp3) is 0.545. The first-order chi connectivity index (χ1) is 7.51. The van der Waals surface area contributed by atoms with Gasteiger partial charge in [-0.05, 0) is 26.3 Å². The topological polar surface area (TPSA) is 75.1 Å². The van der Waals surface area contributed by atoms with Gasteiger partial charge in [-0.1, -0.05) is 6.92 Å². The molecule has 0 spiro atoms. The molecule has 1 atom stereocenters. The van der Waals surface area contributed by atoms with Gasteiger partial charge in [0.2, 0.25) is 5.95 Å². The number of rotatable bonds is 5. The van der Waals surface area contributed by atoms with Crippen molar-refractivity contribution in [1.82, 2.24) is 9.97 Å². The van der Waals surface area contributed by atoms with Gasteiger partial charge in [0.25, 0.3) is 0 Å². The SMILES string of the molecule is CCC(CC(=O)O)Nc1nc(C)cc(C)n1. The molecule has 0 saturated heterocycles. The van der Waals surface area contributed by atoms with Gasteiger partial charge in [-0.25, -0.2) is 9.97 Å². The fourth-order valence-electron chi connectivity index (χ4n) is 1.48. The van der Waals surface area contributed by atoms with E-state index in [1.807, 2.05) is 26.8 Å². The Hall–Kier alpha value is -1.65. The Morgan fingerprint density at radius 1 is 1.44 bits per heavy atom. The molecule has 0 fully saturated rings.